The fraction of sp³-hybridized carbons (Fsp3) is 0.300. The van der Waals surface area contributed by atoms with Gasteiger partial charge in [-0.1, -0.05) is 24.3 Å². The van der Waals surface area contributed by atoms with Crippen LogP contribution in [-0.4, -0.2) is 36.5 Å². The van der Waals surface area contributed by atoms with Gasteiger partial charge in [0.25, 0.3) is 0 Å². The van der Waals surface area contributed by atoms with E-state index in [9.17, 15) is 9.59 Å². The number of hydrogen-bond donors (Lipinski definition) is 1. The van der Waals surface area contributed by atoms with Crippen molar-refractivity contribution in [2.45, 2.75) is 19.1 Å². The van der Waals surface area contributed by atoms with Crippen molar-refractivity contribution in [1.29, 1.82) is 0 Å². The lowest BCUT2D eigenvalue weighted by Gasteiger charge is -2.23. The summed E-state index contributed by atoms with van der Waals surface area (Å²) in [7, 11) is 0. The average Bonchev–Trinajstić information content (AvgIpc) is 2.70. The van der Waals surface area contributed by atoms with Gasteiger partial charge in [-0.25, -0.2) is 0 Å². The van der Waals surface area contributed by atoms with Crippen LogP contribution in [0, 0.1) is 0 Å². The van der Waals surface area contributed by atoms with Crippen LogP contribution in [0.2, 0.25) is 0 Å². The summed E-state index contributed by atoms with van der Waals surface area (Å²) in [5.41, 5.74) is 1.51. The molecule has 1 atom stereocenters. The maximum absolute atomic E-state index is 12.7. The van der Waals surface area contributed by atoms with Gasteiger partial charge in [0.2, 0.25) is 5.91 Å². The summed E-state index contributed by atoms with van der Waals surface area (Å²) < 4.78 is 12.5. The first-order valence-corrected chi connectivity index (χ1v) is 8.70. The highest BCUT2D eigenvalue weighted by Gasteiger charge is 2.16. The first kappa shape index (κ1) is 16.8. The van der Waals surface area contributed by atoms with E-state index in [-0.39, 0.29) is 30.8 Å². The number of aromatic nitrogens is 1. The molecule has 0 radical (unpaired) electrons. The molecule has 2 aromatic carbocycles. The fourth-order valence-electron chi connectivity index (χ4n) is 3.34. The van der Waals surface area contributed by atoms with Gasteiger partial charge in [-0.15, -0.1) is 0 Å². The Kier molecular flexibility index (Phi) is 4.69. The SMILES string of the molecule is O=C(Cn1c2ccccc2c(=O)c2ccccc21)NC[C@@H]1CCOCO1. The predicted molar refractivity (Wildman–Crippen MR) is 99.0 cm³/mol. The molecule has 26 heavy (non-hydrogen) atoms. The lowest BCUT2D eigenvalue weighted by Crippen LogP contribution is -2.38. The largest absolute Gasteiger partial charge is 0.355 e. The van der Waals surface area contributed by atoms with E-state index >= 15 is 0 Å². The fourth-order valence-corrected chi connectivity index (χ4v) is 3.34. The Balaban J connectivity index is 1.65. The van der Waals surface area contributed by atoms with Gasteiger partial charge in [0.1, 0.15) is 13.3 Å². The molecule has 4 rings (SSSR count). The number of hydrogen-bond acceptors (Lipinski definition) is 4. The molecule has 0 aliphatic carbocycles. The number of benzene rings is 2. The van der Waals surface area contributed by atoms with Crippen LogP contribution in [0.3, 0.4) is 0 Å². The number of carbonyl (C=O) groups excluding carboxylic acids is 1. The summed E-state index contributed by atoms with van der Waals surface area (Å²) in [6.45, 7) is 1.52. The van der Waals surface area contributed by atoms with Crippen LogP contribution in [-0.2, 0) is 20.8 Å². The van der Waals surface area contributed by atoms with Gasteiger partial charge in [0.15, 0.2) is 5.43 Å². The second kappa shape index (κ2) is 7.27. The molecule has 1 aliphatic rings. The second-order valence-corrected chi connectivity index (χ2v) is 6.36. The standard InChI is InChI=1S/C20H20N2O4/c23-19(21-11-14-9-10-25-13-26-14)12-22-17-7-3-1-5-15(17)20(24)16-6-2-4-8-18(16)22/h1-8,14H,9-13H2,(H,21,23)/t14-/m0/s1. The number of pyridine rings is 1. The highest BCUT2D eigenvalue weighted by molar-refractivity contribution is 5.94. The second-order valence-electron chi connectivity index (χ2n) is 6.36. The van der Waals surface area contributed by atoms with Gasteiger partial charge in [0.05, 0.1) is 23.7 Å². The van der Waals surface area contributed by atoms with Gasteiger partial charge >= 0.3 is 0 Å². The van der Waals surface area contributed by atoms with Crippen LogP contribution in [0.5, 0.6) is 0 Å². The number of ether oxygens (including phenoxy) is 2. The number of nitrogens with one attached hydrogen (secondary N) is 1. The molecule has 6 nitrogen and oxygen atoms in total. The molecule has 1 amide bonds. The molecule has 0 unspecified atom stereocenters. The third-order valence-corrected chi connectivity index (χ3v) is 4.68. The lowest BCUT2D eigenvalue weighted by atomic mass is 10.1. The van der Waals surface area contributed by atoms with Crippen molar-refractivity contribution in [3.8, 4) is 0 Å². The summed E-state index contributed by atoms with van der Waals surface area (Å²) in [5.74, 6) is -0.112. The number of rotatable bonds is 4. The zero-order valence-electron chi connectivity index (χ0n) is 14.3. The monoisotopic (exact) mass is 352 g/mol. The van der Waals surface area contributed by atoms with Crippen molar-refractivity contribution in [2.24, 2.45) is 0 Å². The van der Waals surface area contributed by atoms with Crippen molar-refractivity contribution in [1.82, 2.24) is 9.88 Å². The summed E-state index contributed by atoms with van der Waals surface area (Å²) in [5, 5.41) is 4.16. The number of amides is 1. The molecule has 1 aromatic heterocycles. The van der Waals surface area contributed by atoms with Gasteiger partial charge < -0.3 is 19.4 Å². The van der Waals surface area contributed by atoms with Crippen molar-refractivity contribution < 1.29 is 14.3 Å². The minimum atomic E-state index is -0.112. The summed E-state index contributed by atoms with van der Waals surface area (Å²) >= 11 is 0. The molecular formula is C20H20N2O4. The van der Waals surface area contributed by atoms with Crippen LogP contribution >= 0.6 is 0 Å². The van der Waals surface area contributed by atoms with Crippen LogP contribution in [0.1, 0.15) is 6.42 Å². The van der Waals surface area contributed by atoms with Gasteiger partial charge in [-0.05, 0) is 30.7 Å². The zero-order valence-corrected chi connectivity index (χ0v) is 14.3. The van der Waals surface area contributed by atoms with Crippen molar-refractivity contribution in [2.75, 3.05) is 19.9 Å². The molecule has 6 heteroatoms. The van der Waals surface area contributed by atoms with Gasteiger partial charge in [0, 0.05) is 17.3 Å². The topological polar surface area (TPSA) is 69.6 Å². The summed E-state index contributed by atoms with van der Waals surface area (Å²) in [6.07, 6.45) is 0.750. The molecule has 1 aliphatic heterocycles. The molecule has 2 heterocycles. The number of fused-ring (bicyclic) bond motifs is 2. The van der Waals surface area contributed by atoms with Crippen molar-refractivity contribution in [3.63, 3.8) is 0 Å². The molecule has 0 spiro atoms. The minimum Gasteiger partial charge on any atom is -0.355 e. The van der Waals surface area contributed by atoms with E-state index in [4.69, 9.17) is 9.47 Å². The normalized spacial score (nSPS) is 17.5. The van der Waals surface area contributed by atoms with Gasteiger partial charge in [-0.2, -0.15) is 0 Å². The molecule has 1 fully saturated rings. The summed E-state index contributed by atoms with van der Waals surface area (Å²) in [4.78, 5) is 25.2. The van der Waals surface area contributed by atoms with Gasteiger partial charge in [-0.3, -0.25) is 9.59 Å². The maximum atomic E-state index is 12.7. The van der Waals surface area contributed by atoms with E-state index in [1.807, 2.05) is 41.0 Å². The molecule has 1 N–H and O–H groups in total. The minimum absolute atomic E-state index is 0.0107. The molecule has 134 valence electrons. The van der Waals surface area contributed by atoms with Crippen molar-refractivity contribution >= 4 is 27.7 Å². The Hall–Kier alpha value is -2.70. The predicted octanol–water partition coefficient (Wildman–Crippen LogP) is 2.03. The Bertz CT molecular complexity index is 946. The van der Waals surface area contributed by atoms with Crippen molar-refractivity contribution in [3.05, 3.63) is 58.8 Å². The highest BCUT2D eigenvalue weighted by Crippen LogP contribution is 2.19. The Morgan fingerprint density at radius 3 is 2.35 bits per heavy atom. The lowest BCUT2D eigenvalue weighted by molar-refractivity contribution is -0.141. The smallest absolute Gasteiger partial charge is 0.240 e. The first-order valence-electron chi connectivity index (χ1n) is 8.70. The molecule has 1 saturated heterocycles. The Morgan fingerprint density at radius 1 is 1.08 bits per heavy atom. The first-order chi connectivity index (χ1) is 12.7. The van der Waals surface area contributed by atoms with Crippen LogP contribution < -0.4 is 10.7 Å². The van der Waals surface area contributed by atoms with E-state index in [1.165, 1.54) is 0 Å². The average molecular weight is 352 g/mol. The van der Waals surface area contributed by atoms with E-state index in [0.29, 0.717) is 23.9 Å². The third-order valence-electron chi connectivity index (χ3n) is 4.68. The maximum Gasteiger partial charge on any atom is 0.240 e. The number of carbonyl (C=O) groups is 1. The summed E-state index contributed by atoms with van der Waals surface area (Å²) in [6, 6.07) is 14.8. The van der Waals surface area contributed by atoms with E-state index in [2.05, 4.69) is 5.32 Å². The van der Waals surface area contributed by atoms with E-state index < -0.39 is 0 Å². The van der Waals surface area contributed by atoms with Crippen LogP contribution in [0.4, 0.5) is 0 Å². The highest BCUT2D eigenvalue weighted by atomic mass is 16.7. The number of nitrogens with zero attached hydrogens (tertiary/aromatic N) is 1. The van der Waals surface area contributed by atoms with E-state index in [0.717, 1.165) is 17.5 Å². The molecule has 0 bridgehead atoms. The third kappa shape index (κ3) is 3.21. The molecular weight excluding hydrogens is 332 g/mol. The van der Waals surface area contributed by atoms with Crippen LogP contribution in [0.25, 0.3) is 21.8 Å². The van der Waals surface area contributed by atoms with Crippen LogP contribution in [0.15, 0.2) is 53.3 Å². The quantitative estimate of drug-likeness (QED) is 0.730. The Labute approximate surface area is 150 Å². The zero-order chi connectivity index (χ0) is 17.9. The van der Waals surface area contributed by atoms with E-state index in [1.54, 1.807) is 12.1 Å². The molecule has 3 aromatic rings. The number of para-hydroxylation sites is 2. The Morgan fingerprint density at radius 2 is 1.73 bits per heavy atom. The molecule has 0 saturated carbocycles.